The SMILES string of the molecule is CC(=O)c1nc(F)ccc1C. The molecule has 2 nitrogen and oxygen atoms in total. The zero-order valence-electron chi connectivity index (χ0n) is 6.39. The Morgan fingerprint density at radius 2 is 2.18 bits per heavy atom. The summed E-state index contributed by atoms with van der Waals surface area (Å²) in [5.41, 5.74) is 0.920. The lowest BCUT2D eigenvalue weighted by molar-refractivity contribution is 0.101. The highest BCUT2D eigenvalue weighted by Crippen LogP contribution is 2.05. The summed E-state index contributed by atoms with van der Waals surface area (Å²) in [6.45, 7) is 3.10. The number of carbonyl (C=O) groups excluding carboxylic acids is 1. The predicted octanol–water partition coefficient (Wildman–Crippen LogP) is 1.73. The topological polar surface area (TPSA) is 30.0 Å². The summed E-state index contributed by atoms with van der Waals surface area (Å²) in [7, 11) is 0. The third-order valence-corrected chi connectivity index (χ3v) is 1.40. The lowest BCUT2D eigenvalue weighted by Crippen LogP contribution is -2.01. The Bertz CT molecular complexity index is 296. The van der Waals surface area contributed by atoms with Crippen molar-refractivity contribution < 1.29 is 9.18 Å². The Kier molecular flexibility index (Phi) is 1.98. The molecule has 0 N–H and O–H groups in total. The Morgan fingerprint density at radius 3 is 2.64 bits per heavy atom. The number of aromatic nitrogens is 1. The number of aryl methyl sites for hydroxylation is 1. The van der Waals surface area contributed by atoms with Crippen molar-refractivity contribution in [2.24, 2.45) is 0 Å². The van der Waals surface area contributed by atoms with Gasteiger partial charge in [0.05, 0.1) is 0 Å². The van der Waals surface area contributed by atoms with E-state index in [2.05, 4.69) is 4.98 Å². The molecule has 0 fully saturated rings. The van der Waals surface area contributed by atoms with Gasteiger partial charge in [-0.05, 0) is 18.6 Å². The summed E-state index contributed by atoms with van der Waals surface area (Å²) >= 11 is 0. The van der Waals surface area contributed by atoms with Crippen molar-refractivity contribution in [3.63, 3.8) is 0 Å². The van der Waals surface area contributed by atoms with E-state index >= 15 is 0 Å². The van der Waals surface area contributed by atoms with Gasteiger partial charge in [0.25, 0.3) is 0 Å². The fourth-order valence-corrected chi connectivity index (χ4v) is 0.861. The van der Waals surface area contributed by atoms with Crippen molar-refractivity contribution in [1.29, 1.82) is 0 Å². The van der Waals surface area contributed by atoms with Crippen LogP contribution in [0.5, 0.6) is 0 Å². The first-order chi connectivity index (χ1) is 5.11. The predicted molar refractivity (Wildman–Crippen MR) is 38.9 cm³/mol. The van der Waals surface area contributed by atoms with Gasteiger partial charge in [-0.3, -0.25) is 4.79 Å². The van der Waals surface area contributed by atoms with E-state index in [1.54, 1.807) is 13.0 Å². The summed E-state index contributed by atoms with van der Waals surface area (Å²) in [6.07, 6.45) is 0. The van der Waals surface area contributed by atoms with Crippen molar-refractivity contribution in [3.05, 3.63) is 29.3 Å². The van der Waals surface area contributed by atoms with Gasteiger partial charge >= 0.3 is 0 Å². The van der Waals surface area contributed by atoms with Crippen LogP contribution in [0.2, 0.25) is 0 Å². The third kappa shape index (κ3) is 1.61. The fraction of sp³-hybridized carbons (Fsp3) is 0.250. The number of halogens is 1. The van der Waals surface area contributed by atoms with Gasteiger partial charge in [-0.25, -0.2) is 4.98 Å². The number of hydrogen-bond acceptors (Lipinski definition) is 2. The summed E-state index contributed by atoms with van der Waals surface area (Å²) in [4.78, 5) is 14.2. The lowest BCUT2D eigenvalue weighted by Gasteiger charge is -1.98. The van der Waals surface area contributed by atoms with Gasteiger partial charge in [-0.15, -0.1) is 0 Å². The summed E-state index contributed by atoms with van der Waals surface area (Å²) in [5.74, 6) is -0.817. The minimum absolute atomic E-state index is 0.206. The molecule has 0 saturated carbocycles. The molecule has 1 heterocycles. The molecule has 58 valence electrons. The normalized spacial score (nSPS) is 9.73. The van der Waals surface area contributed by atoms with Crippen molar-refractivity contribution in [2.45, 2.75) is 13.8 Å². The van der Waals surface area contributed by atoms with E-state index in [1.807, 2.05) is 0 Å². The summed E-state index contributed by atoms with van der Waals surface area (Å²) < 4.78 is 12.4. The molecule has 0 aromatic carbocycles. The number of carbonyl (C=O) groups is 1. The smallest absolute Gasteiger partial charge is 0.213 e. The van der Waals surface area contributed by atoms with Crippen LogP contribution >= 0.6 is 0 Å². The molecule has 1 aromatic rings. The first-order valence-corrected chi connectivity index (χ1v) is 3.25. The second-order valence-corrected chi connectivity index (χ2v) is 2.36. The minimum Gasteiger partial charge on any atom is -0.293 e. The zero-order chi connectivity index (χ0) is 8.43. The number of nitrogens with zero attached hydrogens (tertiary/aromatic N) is 1. The maximum absolute atomic E-state index is 12.4. The molecule has 0 saturated heterocycles. The van der Waals surface area contributed by atoms with E-state index in [-0.39, 0.29) is 11.5 Å². The molecule has 0 bridgehead atoms. The van der Waals surface area contributed by atoms with Crippen LogP contribution in [0, 0.1) is 12.9 Å². The molecule has 3 heteroatoms. The van der Waals surface area contributed by atoms with Crippen molar-refractivity contribution in [1.82, 2.24) is 4.98 Å². The van der Waals surface area contributed by atoms with Crippen molar-refractivity contribution in [2.75, 3.05) is 0 Å². The number of hydrogen-bond donors (Lipinski definition) is 0. The highest BCUT2D eigenvalue weighted by Gasteiger charge is 2.05. The molecule has 0 aliphatic heterocycles. The van der Waals surface area contributed by atoms with Crippen LogP contribution in [0.1, 0.15) is 23.0 Å². The first-order valence-electron chi connectivity index (χ1n) is 3.25. The maximum atomic E-state index is 12.4. The van der Waals surface area contributed by atoms with E-state index in [0.717, 1.165) is 0 Å². The Morgan fingerprint density at radius 1 is 1.55 bits per heavy atom. The van der Waals surface area contributed by atoms with E-state index in [9.17, 15) is 9.18 Å². The molecule has 1 rings (SSSR count). The highest BCUT2D eigenvalue weighted by atomic mass is 19.1. The minimum atomic E-state index is -0.610. The molecule has 0 radical (unpaired) electrons. The Labute approximate surface area is 64.1 Å². The molecule has 0 atom stereocenters. The van der Waals surface area contributed by atoms with Crippen LogP contribution in [0.15, 0.2) is 12.1 Å². The van der Waals surface area contributed by atoms with E-state index in [4.69, 9.17) is 0 Å². The number of Topliss-reactive ketones (excluding diaryl/α,β-unsaturated/α-hetero) is 1. The van der Waals surface area contributed by atoms with Gasteiger partial charge in [0.15, 0.2) is 5.78 Å². The van der Waals surface area contributed by atoms with Crippen LogP contribution in [0.4, 0.5) is 4.39 Å². The Hall–Kier alpha value is -1.25. The van der Waals surface area contributed by atoms with Gasteiger partial charge in [0.1, 0.15) is 5.69 Å². The second-order valence-electron chi connectivity index (χ2n) is 2.36. The number of rotatable bonds is 1. The molecule has 0 spiro atoms. The standard InChI is InChI=1S/C8H8FNO/c1-5-3-4-7(9)10-8(5)6(2)11/h3-4H,1-2H3. The van der Waals surface area contributed by atoms with Crippen LogP contribution in [-0.2, 0) is 0 Å². The third-order valence-electron chi connectivity index (χ3n) is 1.40. The molecular formula is C8H8FNO. The van der Waals surface area contributed by atoms with Gasteiger partial charge in [-0.2, -0.15) is 4.39 Å². The van der Waals surface area contributed by atoms with E-state index < -0.39 is 5.95 Å². The maximum Gasteiger partial charge on any atom is 0.213 e. The molecular weight excluding hydrogens is 145 g/mol. The van der Waals surface area contributed by atoms with Gasteiger partial charge in [0, 0.05) is 6.92 Å². The molecule has 0 amide bonds. The number of pyridine rings is 1. The van der Waals surface area contributed by atoms with Crippen LogP contribution in [0.25, 0.3) is 0 Å². The first kappa shape index (κ1) is 7.85. The molecule has 1 aromatic heterocycles. The summed E-state index contributed by atoms with van der Waals surface area (Å²) in [6, 6.07) is 2.78. The quantitative estimate of drug-likeness (QED) is 0.454. The zero-order valence-corrected chi connectivity index (χ0v) is 6.39. The van der Waals surface area contributed by atoms with Crippen molar-refractivity contribution >= 4 is 5.78 Å². The molecule has 11 heavy (non-hydrogen) atoms. The van der Waals surface area contributed by atoms with Crippen molar-refractivity contribution in [3.8, 4) is 0 Å². The van der Waals surface area contributed by atoms with Crippen LogP contribution < -0.4 is 0 Å². The van der Waals surface area contributed by atoms with E-state index in [1.165, 1.54) is 13.0 Å². The molecule has 0 aliphatic carbocycles. The average molecular weight is 153 g/mol. The van der Waals surface area contributed by atoms with E-state index in [0.29, 0.717) is 5.56 Å². The largest absolute Gasteiger partial charge is 0.293 e. The monoisotopic (exact) mass is 153 g/mol. The average Bonchev–Trinajstić information content (AvgIpc) is 1.94. The van der Waals surface area contributed by atoms with Gasteiger partial charge < -0.3 is 0 Å². The Balaban J connectivity index is 3.23. The lowest BCUT2D eigenvalue weighted by atomic mass is 10.2. The molecule has 0 aliphatic rings. The van der Waals surface area contributed by atoms with Crippen LogP contribution in [0.3, 0.4) is 0 Å². The fourth-order valence-electron chi connectivity index (χ4n) is 0.861. The highest BCUT2D eigenvalue weighted by molar-refractivity contribution is 5.93. The van der Waals surface area contributed by atoms with Gasteiger partial charge in [0.2, 0.25) is 5.95 Å². The number of ketones is 1. The summed E-state index contributed by atoms with van der Waals surface area (Å²) in [5, 5.41) is 0. The molecule has 0 unspecified atom stereocenters. The van der Waals surface area contributed by atoms with Gasteiger partial charge in [-0.1, -0.05) is 6.07 Å². The van der Waals surface area contributed by atoms with Crippen LogP contribution in [-0.4, -0.2) is 10.8 Å². The second kappa shape index (κ2) is 2.78.